The second kappa shape index (κ2) is 11.3. The van der Waals surface area contributed by atoms with Gasteiger partial charge in [-0.3, -0.25) is 4.79 Å². The van der Waals surface area contributed by atoms with Crippen LogP contribution in [0.3, 0.4) is 0 Å². The number of carbonyl (C=O) groups is 2. The number of Topliss-reactive ketones (excluding diaryl/α,β-unsaturated/α-hetero) is 1. The molecule has 0 radical (unpaired) electrons. The Kier molecular flexibility index (Phi) is 9.51. The second-order valence-electron chi connectivity index (χ2n) is 7.66. The lowest BCUT2D eigenvalue weighted by atomic mass is 10.1. The van der Waals surface area contributed by atoms with Gasteiger partial charge in [-0.05, 0) is 46.6 Å². The highest BCUT2D eigenvalue weighted by Gasteiger charge is 2.23. The number of ether oxygens (including phenoxy) is 2. The molecule has 0 spiro atoms. The van der Waals surface area contributed by atoms with E-state index < -0.39 is 5.60 Å². The first-order chi connectivity index (χ1) is 13.1. The molecular formula is C21H32N3O4+. The fourth-order valence-electron chi connectivity index (χ4n) is 2.51. The molecule has 0 fully saturated rings. The highest BCUT2D eigenvalue weighted by atomic mass is 16.6. The zero-order chi connectivity index (χ0) is 21.2. The molecule has 1 unspecified atom stereocenters. The van der Waals surface area contributed by atoms with Gasteiger partial charge < -0.3 is 25.0 Å². The Morgan fingerprint density at radius 3 is 2.54 bits per heavy atom. The number of pyridine rings is 1. The third kappa shape index (κ3) is 9.97. The number of methoxy groups -OCH3 is 1. The van der Waals surface area contributed by atoms with E-state index >= 15 is 0 Å². The normalized spacial score (nSPS) is 12.6. The molecule has 1 aromatic rings. The number of hydrogen-bond acceptors (Lipinski definition) is 6. The van der Waals surface area contributed by atoms with Gasteiger partial charge in [-0.25, -0.2) is 4.98 Å². The number of allylic oxidation sites excluding steroid dienone is 1. The summed E-state index contributed by atoms with van der Waals surface area (Å²) < 4.78 is 10.5. The van der Waals surface area contributed by atoms with Crippen LogP contribution in [0, 0.1) is 5.41 Å². The lowest BCUT2D eigenvalue weighted by Gasteiger charge is -2.21. The van der Waals surface area contributed by atoms with E-state index in [2.05, 4.69) is 4.98 Å². The summed E-state index contributed by atoms with van der Waals surface area (Å²) >= 11 is 0. The van der Waals surface area contributed by atoms with Crippen LogP contribution in [-0.2, 0) is 14.3 Å². The number of ketones is 1. The largest absolute Gasteiger partial charge is 0.481 e. The number of nitrogens with zero attached hydrogens (tertiary/aromatic N) is 1. The molecule has 28 heavy (non-hydrogen) atoms. The van der Waals surface area contributed by atoms with Crippen LogP contribution in [0.1, 0.15) is 65.0 Å². The number of quaternary nitrogens is 1. The van der Waals surface area contributed by atoms with Gasteiger partial charge in [-0.15, -0.1) is 0 Å². The number of rotatable bonds is 11. The Balaban J connectivity index is 2.76. The van der Waals surface area contributed by atoms with E-state index in [0.717, 1.165) is 5.56 Å². The molecule has 0 saturated carbocycles. The summed E-state index contributed by atoms with van der Waals surface area (Å²) in [7, 11) is 1.55. The van der Waals surface area contributed by atoms with Gasteiger partial charge in [0.2, 0.25) is 5.88 Å². The first-order valence-electron chi connectivity index (χ1n) is 9.41. The van der Waals surface area contributed by atoms with E-state index in [0.29, 0.717) is 30.9 Å². The summed E-state index contributed by atoms with van der Waals surface area (Å²) in [6, 6.07) is 3.39. The van der Waals surface area contributed by atoms with Crippen LogP contribution in [0.4, 0.5) is 0 Å². The smallest absolute Gasteiger partial charge is 0.312 e. The molecule has 0 saturated heterocycles. The average Bonchev–Trinajstić information content (AvgIpc) is 2.59. The summed E-state index contributed by atoms with van der Waals surface area (Å²) in [5.41, 5.74) is 0.759. The van der Waals surface area contributed by atoms with Crippen LogP contribution in [0.25, 0.3) is 0 Å². The fourth-order valence-corrected chi connectivity index (χ4v) is 2.51. The van der Waals surface area contributed by atoms with E-state index in [9.17, 15) is 9.59 Å². The number of aromatic nitrogens is 1. The molecule has 0 aromatic carbocycles. The molecule has 0 bridgehead atoms. The van der Waals surface area contributed by atoms with Crippen LogP contribution in [-0.4, -0.2) is 35.2 Å². The molecule has 1 rings (SSSR count). The van der Waals surface area contributed by atoms with Crippen molar-refractivity contribution in [1.29, 1.82) is 5.41 Å². The van der Waals surface area contributed by atoms with Gasteiger partial charge in [-0.1, -0.05) is 0 Å². The standard InChI is InChI=1S/C21H31N3O4/c1-15(25)7-6-8-17(22)11-12-23-18(13-20(26)28-21(2,3)4)16-9-10-19(27-5)24-14-16/h9-12,14,18,22-23H,6-8,13H2,1-5H3/p+1/b12-11-,22-17?. The lowest BCUT2D eigenvalue weighted by Crippen LogP contribution is -2.79. The number of nitrogens with two attached hydrogens (primary N) is 1. The molecule has 0 amide bonds. The topological polar surface area (TPSA) is 106 Å². The fraction of sp³-hybridized carbons (Fsp3) is 0.524. The van der Waals surface area contributed by atoms with Crippen molar-refractivity contribution in [3.05, 3.63) is 36.2 Å². The molecular weight excluding hydrogens is 358 g/mol. The van der Waals surface area contributed by atoms with Gasteiger partial charge in [0.05, 0.1) is 13.3 Å². The van der Waals surface area contributed by atoms with E-state index in [1.807, 2.05) is 32.2 Å². The van der Waals surface area contributed by atoms with Crippen molar-refractivity contribution >= 4 is 17.5 Å². The monoisotopic (exact) mass is 390 g/mol. The summed E-state index contributed by atoms with van der Waals surface area (Å²) in [5, 5.41) is 9.82. The van der Waals surface area contributed by atoms with Crippen molar-refractivity contribution in [2.24, 2.45) is 0 Å². The van der Waals surface area contributed by atoms with Crippen molar-refractivity contribution < 1.29 is 24.4 Å². The van der Waals surface area contributed by atoms with Gasteiger partial charge in [-0.2, -0.15) is 0 Å². The minimum Gasteiger partial charge on any atom is -0.481 e. The Hall–Kier alpha value is -2.54. The van der Waals surface area contributed by atoms with Crippen LogP contribution < -0.4 is 10.1 Å². The predicted molar refractivity (Wildman–Crippen MR) is 107 cm³/mol. The van der Waals surface area contributed by atoms with Gasteiger partial charge >= 0.3 is 5.97 Å². The van der Waals surface area contributed by atoms with E-state index in [1.54, 1.807) is 38.6 Å². The van der Waals surface area contributed by atoms with E-state index in [-0.39, 0.29) is 24.2 Å². The minimum absolute atomic E-state index is 0.132. The summed E-state index contributed by atoms with van der Waals surface area (Å²) in [6.45, 7) is 7.06. The number of hydrogen-bond donors (Lipinski definition) is 2. The van der Waals surface area contributed by atoms with E-state index in [4.69, 9.17) is 14.9 Å². The number of esters is 1. The first-order valence-corrected chi connectivity index (χ1v) is 9.41. The second-order valence-corrected chi connectivity index (χ2v) is 7.66. The Morgan fingerprint density at radius 1 is 1.29 bits per heavy atom. The zero-order valence-electron chi connectivity index (χ0n) is 17.5. The maximum atomic E-state index is 12.3. The van der Waals surface area contributed by atoms with Gasteiger partial charge in [0.15, 0.2) is 0 Å². The lowest BCUT2D eigenvalue weighted by molar-refractivity contribution is -0.632. The summed E-state index contributed by atoms with van der Waals surface area (Å²) in [6.07, 6.45) is 7.02. The molecule has 0 aliphatic rings. The Labute approximate surface area is 167 Å². The van der Waals surface area contributed by atoms with Crippen molar-refractivity contribution in [2.45, 2.75) is 65.0 Å². The molecule has 7 nitrogen and oxygen atoms in total. The van der Waals surface area contributed by atoms with Crippen LogP contribution in [0.2, 0.25) is 0 Å². The molecule has 1 aromatic heterocycles. The van der Waals surface area contributed by atoms with E-state index in [1.165, 1.54) is 0 Å². The number of nitrogens with one attached hydrogen (secondary N) is 1. The molecule has 0 aliphatic heterocycles. The molecule has 7 heteroatoms. The quantitative estimate of drug-likeness (QED) is 0.446. The van der Waals surface area contributed by atoms with Crippen LogP contribution in [0.15, 0.2) is 30.6 Å². The molecule has 154 valence electrons. The van der Waals surface area contributed by atoms with Gasteiger partial charge in [0.1, 0.15) is 23.8 Å². The van der Waals surface area contributed by atoms with Crippen molar-refractivity contribution in [2.75, 3.05) is 7.11 Å². The average molecular weight is 391 g/mol. The van der Waals surface area contributed by atoms with Gasteiger partial charge in [0.25, 0.3) is 0 Å². The summed E-state index contributed by atoms with van der Waals surface area (Å²) in [4.78, 5) is 27.5. The Morgan fingerprint density at radius 2 is 2.00 bits per heavy atom. The maximum absolute atomic E-state index is 12.3. The SMILES string of the molecule is COc1ccc(C(CC(=O)OC(C)(C)C)[NH2+]/C=C\C(=N)CCCC(C)=O)cn1. The van der Waals surface area contributed by atoms with Gasteiger partial charge in [0, 0.05) is 36.0 Å². The first kappa shape index (κ1) is 23.5. The van der Waals surface area contributed by atoms with Crippen molar-refractivity contribution in [3.8, 4) is 5.88 Å². The zero-order valence-corrected chi connectivity index (χ0v) is 17.5. The van der Waals surface area contributed by atoms with Crippen LogP contribution in [0.5, 0.6) is 5.88 Å². The van der Waals surface area contributed by atoms with Crippen molar-refractivity contribution in [3.63, 3.8) is 0 Å². The molecule has 3 N–H and O–H groups in total. The third-order valence-corrected chi connectivity index (χ3v) is 3.82. The molecule has 0 aliphatic carbocycles. The highest BCUT2D eigenvalue weighted by Crippen LogP contribution is 2.17. The molecule has 1 heterocycles. The maximum Gasteiger partial charge on any atom is 0.312 e. The predicted octanol–water partition coefficient (Wildman–Crippen LogP) is 2.72. The minimum atomic E-state index is -0.547. The Bertz CT molecular complexity index is 691. The number of carbonyl (C=O) groups excluding carboxylic acids is 2. The van der Waals surface area contributed by atoms with Crippen molar-refractivity contribution in [1.82, 2.24) is 4.98 Å². The summed E-state index contributed by atoms with van der Waals surface area (Å²) in [5.74, 6) is 0.338. The molecule has 1 atom stereocenters. The third-order valence-electron chi connectivity index (χ3n) is 3.82. The highest BCUT2D eigenvalue weighted by molar-refractivity contribution is 5.92. The van der Waals surface area contributed by atoms with Crippen LogP contribution >= 0.6 is 0 Å².